The maximum atomic E-state index is 15.4. The van der Waals surface area contributed by atoms with Gasteiger partial charge in [-0.25, -0.2) is 17.2 Å². The van der Waals surface area contributed by atoms with Gasteiger partial charge in [-0.3, -0.25) is 0 Å². The molecule has 232 valence electrons. The van der Waals surface area contributed by atoms with E-state index < -0.39 is 33.0 Å². The monoisotopic (exact) mass is 750 g/mol. The number of halogens is 4. The van der Waals surface area contributed by atoms with Crippen molar-refractivity contribution >= 4 is 64.0 Å². The van der Waals surface area contributed by atoms with E-state index in [1.54, 1.807) is 12.1 Å². The van der Waals surface area contributed by atoms with Crippen LogP contribution in [0.15, 0.2) is 81.7 Å². The van der Waals surface area contributed by atoms with Gasteiger partial charge in [-0.15, -0.1) is 0 Å². The first kappa shape index (κ1) is 32.1. The summed E-state index contributed by atoms with van der Waals surface area (Å²) < 4.78 is 59.2. The van der Waals surface area contributed by atoms with Gasteiger partial charge in [-0.1, -0.05) is 80.4 Å². The topological polar surface area (TPSA) is 34.1 Å². The number of allylic oxidation sites excluding steroid dienone is 4. The van der Waals surface area contributed by atoms with E-state index in [4.69, 9.17) is 0 Å². The van der Waals surface area contributed by atoms with Gasteiger partial charge in [0.2, 0.25) is 0 Å². The second kappa shape index (κ2) is 13.1. The molecule has 4 aromatic rings. The SMILES string of the molecule is Cc1cc(C2=C(c3ccc(CS(=O)(=O)Cc4ccc(C5=C(c6ccc(Br)c(C)c6)CCC5)cc4F)c(F)c3)CCC2)ccc1Br. The van der Waals surface area contributed by atoms with Gasteiger partial charge in [0.1, 0.15) is 11.6 Å². The Balaban J connectivity index is 1.20. The summed E-state index contributed by atoms with van der Waals surface area (Å²) >= 11 is 7.11. The lowest BCUT2D eigenvalue weighted by Crippen LogP contribution is -2.10. The summed E-state index contributed by atoms with van der Waals surface area (Å²) in [7, 11) is -3.83. The van der Waals surface area contributed by atoms with Crippen LogP contribution in [-0.4, -0.2) is 8.42 Å². The van der Waals surface area contributed by atoms with Crippen LogP contribution in [0.25, 0.3) is 22.3 Å². The normalized spacial score (nSPS) is 15.4. The van der Waals surface area contributed by atoms with E-state index in [9.17, 15) is 8.42 Å². The minimum Gasteiger partial charge on any atom is -0.228 e. The summed E-state index contributed by atoms with van der Waals surface area (Å²) in [6.45, 7) is 4.10. The van der Waals surface area contributed by atoms with Crippen molar-refractivity contribution in [3.8, 4) is 0 Å². The molecule has 0 fully saturated rings. The second-order valence-electron chi connectivity index (χ2n) is 12.2. The van der Waals surface area contributed by atoms with Gasteiger partial charge in [0.25, 0.3) is 0 Å². The molecule has 0 saturated heterocycles. The molecule has 0 unspecified atom stereocenters. The van der Waals surface area contributed by atoms with Crippen LogP contribution in [0.2, 0.25) is 0 Å². The standard InChI is InChI=1S/C38H34Br2F2O2S/c1-23-17-25(13-15-35(23)39)31-5-3-7-33(31)27-9-11-29(37(41)19-27)21-45(43,44)22-30-12-10-28(20-38(30)42)34-8-4-6-32(34)26-14-16-36(40)24(2)18-26/h9-20H,3-8,21-22H2,1-2H3. The summed E-state index contributed by atoms with van der Waals surface area (Å²) in [4.78, 5) is 0. The molecule has 7 heteroatoms. The highest BCUT2D eigenvalue weighted by Gasteiger charge is 2.23. The maximum absolute atomic E-state index is 15.4. The molecule has 2 aliphatic rings. The molecule has 45 heavy (non-hydrogen) atoms. The highest BCUT2D eigenvalue weighted by Crippen LogP contribution is 2.42. The Morgan fingerprint density at radius 3 is 1.22 bits per heavy atom. The third kappa shape index (κ3) is 6.96. The number of hydrogen-bond acceptors (Lipinski definition) is 2. The average molecular weight is 753 g/mol. The quantitative estimate of drug-likeness (QED) is 0.180. The van der Waals surface area contributed by atoms with Gasteiger partial charge in [-0.05, 0) is 132 Å². The Hall–Kier alpha value is -2.87. The zero-order valence-corrected chi connectivity index (χ0v) is 29.3. The highest BCUT2D eigenvalue weighted by atomic mass is 79.9. The smallest absolute Gasteiger partial charge is 0.158 e. The lowest BCUT2D eigenvalue weighted by molar-refractivity contribution is 0.580. The fraction of sp³-hybridized carbons (Fsp3) is 0.263. The first-order valence-corrected chi connectivity index (χ1v) is 18.6. The van der Waals surface area contributed by atoms with Gasteiger partial charge >= 0.3 is 0 Å². The van der Waals surface area contributed by atoms with Gasteiger partial charge in [-0.2, -0.15) is 0 Å². The summed E-state index contributed by atoms with van der Waals surface area (Å²) in [5, 5.41) is 0. The van der Waals surface area contributed by atoms with E-state index in [0.29, 0.717) is 0 Å². The van der Waals surface area contributed by atoms with Crippen molar-refractivity contribution in [1.29, 1.82) is 0 Å². The minimum atomic E-state index is -3.83. The summed E-state index contributed by atoms with van der Waals surface area (Å²) in [5.74, 6) is -2.09. The maximum Gasteiger partial charge on any atom is 0.158 e. The minimum absolute atomic E-state index is 0.0981. The number of rotatable bonds is 8. The largest absolute Gasteiger partial charge is 0.228 e. The fourth-order valence-corrected chi connectivity index (χ4v) is 8.67. The van der Waals surface area contributed by atoms with Crippen LogP contribution in [0.1, 0.15) is 83.0 Å². The molecule has 0 N–H and O–H groups in total. The predicted molar refractivity (Wildman–Crippen MR) is 188 cm³/mol. The number of hydrogen-bond donors (Lipinski definition) is 0. The molecule has 2 aliphatic carbocycles. The number of aryl methyl sites for hydroxylation is 2. The molecule has 0 radical (unpaired) electrons. The number of benzene rings is 4. The van der Waals surface area contributed by atoms with E-state index in [1.165, 1.54) is 23.3 Å². The lowest BCUT2D eigenvalue weighted by atomic mass is 9.95. The molecule has 0 heterocycles. The van der Waals surface area contributed by atoms with Gasteiger partial charge in [0, 0.05) is 20.1 Å². The van der Waals surface area contributed by atoms with Crippen molar-refractivity contribution in [2.45, 2.75) is 63.9 Å². The zero-order chi connectivity index (χ0) is 31.9. The molecule has 0 saturated carbocycles. The van der Waals surface area contributed by atoms with Crippen molar-refractivity contribution in [1.82, 2.24) is 0 Å². The molecule has 0 spiro atoms. The van der Waals surface area contributed by atoms with E-state index >= 15 is 8.78 Å². The molecule has 0 bridgehead atoms. The molecule has 0 atom stereocenters. The van der Waals surface area contributed by atoms with Crippen LogP contribution in [0.5, 0.6) is 0 Å². The summed E-state index contributed by atoms with van der Waals surface area (Å²) in [6, 6.07) is 22.2. The van der Waals surface area contributed by atoms with Crippen molar-refractivity contribution in [2.75, 3.05) is 0 Å². The molecule has 6 rings (SSSR count). The molecular weight excluding hydrogens is 718 g/mol. The third-order valence-corrected chi connectivity index (χ3v) is 12.3. The van der Waals surface area contributed by atoms with E-state index in [1.807, 2.05) is 38.1 Å². The Labute approximate surface area is 281 Å². The van der Waals surface area contributed by atoms with Crippen LogP contribution < -0.4 is 0 Å². The van der Waals surface area contributed by atoms with E-state index in [0.717, 1.165) is 92.0 Å². The Kier molecular flexibility index (Phi) is 9.33. The molecule has 2 nitrogen and oxygen atoms in total. The Bertz CT molecular complexity index is 1860. The van der Waals surface area contributed by atoms with Crippen molar-refractivity contribution in [3.63, 3.8) is 0 Å². The van der Waals surface area contributed by atoms with E-state index in [2.05, 4.69) is 56.1 Å². The first-order valence-electron chi connectivity index (χ1n) is 15.2. The van der Waals surface area contributed by atoms with Crippen LogP contribution in [0, 0.1) is 25.5 Å². The lowest BCUT2D eigenvalue weighted by Gasteiger charge is -2.13. The van der Waals surface area contributed by atoms with Crippen LogP contribution >= 0.6 is 31.9 Å². The van der Waals surface area contributed by atoms with Crippen molar-refractivity contribution in [2.24, 2.45) is 0 Å². The molecule has 0 aliphatic heterocycles. The summed E-state index contributed by atoms with van der Waals surface area (Å²) in [5.41, 5.74) is 10.9. The van der Waals surface area contributed by atoms with E-state index in [-0.39, 0.29) is 11.1 Å². The van der Waals surface area contributed by atoms with Gasteiger partial charge in [0.15, 0.2) is 9.84 Å². The molecule has 0 amide bonds. The van der Waals surface area contributed by atoms with Gasteiger partial charge < -0.3 is 0 Å². The average Bonchev–Trinajstić information content (AvgIpc) is 3.69. The molecule has 4 aromatic carbocycles. The van der Waals surface area contributed by atoms with Crippen LogP contribution in [0.3, 0.4) is 0 Å². The Morgan fingerprint density at radius 2 is 0.889 bits per heavy atom. The third-order valence-electron chi connectivity index (χ3n) is 9.00. The molecule has 0 aromatic heterocycles. The second-order valence-corrected chi connectivity index (χ2v) is 16.0. The zero-order valence-electron chi connectivity index (χ0n) is 25.3. The van der Waals surface area contributed by atoms with Crippen molar-refractivity contribution < 1.29 is 17.2 Å². The number of sulfone groups is 1. The van der Waals surface area contributed by atoms with Gasteiger partial charge in [0.05, 0.1) is 11.5 Å². The Morgan fingerprint density at radius 1 is 0.556 bits per heavy atom. The molecular formula is C38H34Br2F2O2S. The highest BCUT2D eigenvalue weighted by molar-refractivity contribution is 9.10. The fourth-order valence-electron chi connectivity index (χ4n) is 6.66. The van der Waals surface area contributed by atoms with Crippen molar-refractivity contribution in [3.05, 3.63) is 138 Å². The van der Waals surface area contributed by atoms with Crippen LogP contribution in [-0.2, 0) is 21.3 Å². The first-order chi connectivity index (χ1) is 21.5. The predicted octanol–water partition coefficient (Wildman–Crippen LogP) is 11.4. The summed E-state index contributed by atoms with van der Waals surface area (Å²) in [6.07, 6.45) is 5.51. The van der Waals surface area contributed by atoms with Crippen LogP contribution in [0.4, 0.5) is 8.78 Å².